The SMILES string of the molecule is CCOc1ccc(C(=O)NNC(=O)c2cncc(Br)c2)cc1OC. The van der Waals surface area contributed by atoms with Crippen molar-refractivity contribution in [1.82, 2.24) is 15.8 Å². The zero-order chi connectivity index (χ0) is 17.5. The van der Waals surface area contributed by atoms with Crippen molar-refractivity contribution in [2.24, 2.45) is 0 Å². The lowest BCUT2D eigenvalue weighted by molar-refractivity contribution is 0.0846. The zero-order valence-corrected chi connectivity index (χ0v) is 14.7. The predicted molar refractivity (Wildman–Crippen MR) is 91.0 cm³/mol. The molecule has 2 amide bonds. The van der Waals surface area contributed by atoms with E-state index in [4.69, 9.17) is 9.47 Å². The standard InChI is InChI=1S/C16H16BrN3O4/c1-3-24-13-5-4-10(7-14(13)23-2)15(21)19-20-16(22)11-6-12(17)9-18-8-11/h4-9H,3H2,1-2H3,(H,19,21)(H,20,22). The maximum absolute atomic E-state index is 12.1. The number of halogens is 1. The number of hydrazine groups is 1. The third-order valence-electron chi connectivity index (χ3n) is 2.98. The summed E-state index contributed by atoms with van der Waals surface area (Å²) in [5, 5.41) is 0. The molecule has 0 aliphatic heterocycles. The Morgan fingerprint density at radius 2 is 1.79 bits per heavy atom. The number of pyridine rings is 1. The molecular formula is C16H16BrN3O4. The van der Waals surface area contributed by atoms with Crippen molar-refractivity contribution in [2.75, 3.05) is 13.7 Å². The van der Waals surface area contributed by atoms with E-state index in [0.717, 1.165) is 0 Å². The van der Waals surface area contributed by atoms with Gasteiger partial charge in [0.2, 0.25) is 0 Å². The molecule has 0 spiro atoms. The van der Waals surface area contributed by atoms with E-state index in [1.807, 2.05) is 6.92 Å². The molecule has 1 aromatic heterocycles. The number of aromatic nitrogens is 1. The summed E-state index contributed by atoms with van der Waals surface area (Å²) in [6.45, 7) is 2.34. The molecule has 0 saturated carbocycles. The van der Waals surface area contributed by atoms with E-state index in [1.165, 1.54) is 19.4 Å². The van der Waals surface area contributed by atoms with Gasteiger partial charge in [-0.15, -0.1) is 0 Å². The Morgan fingerprint density at radius 1 is 1.08 bits per heavy atom. The molecule has 2 N–H and O–H groups in total. The summed E-state index contributed by atoms with van der Waals surface area (Å²) in [7, 11) is 1.49. The molecule has 0 unspecified atom stereocenters. The average molecular weight is 394 g/mol. The van der Waals surface area contributed by atoms with Gasteiger partial charge in [-0.25, -0.2) is 0 Å². The Balaban J connectivity index is 2.03. The highest BCUT2D eigenvalue weighted by atomic mass is 79.9. The van der Waals surface area contributed by atoms with E-state index in [-0.39, 0.29) is 0 Å². The normalized spacial score (nSPS) is 9.96. The van der Waals surface area contributed by atoms with Crippen LogP contribution >= 0.6 is 15.9 Å². The average Bonchev–Trinajstić information content (AvgIpc) is 2.60. The van der Waals surface area contributed by atoms with Gasteiger partial charge in [0, 0.05) is 22.4 Å². The fraction of sp³-hybridized carbons (Fsp3) is 0.188. The van der Waals surface area contributed by atoms with Crippen molar-refractivity contribution in [3.05, 3.63) is 52.3 Å². The van der Waals surface area contributed by atoms with E-state index < -0.39 is 11.8 Å². The topological polar surface area (TPSA) is 89.6 Å². The van der Waals surface area contributed by atoms with Crippen LogP contribution in [0.1, 0.15) is 27.6 Å². The van der Waals surface area contributed by atoms with Gasteiger partial charge in [-0.1, -0.05) is 0 Å². The van der Waals surface area contributed by atoms with Gasteiger partial charge in [0.1, 0.15) is 0 Å². The molecule has 0 saturated heterocycles. The molecule has 8 heteroatoms. The van der Waals surface area contributed by atoms with Crippen LogP contribution in [-0.2, 0) is 0 Å². The van der Waals surface area contributed by atoms with Gasteiger partial charge in [-0.3, -0.25) is 25.4 Å². The van der Waals surface area contributed by atoms with Crippen LogP contribution in [0.25, 0.3) is 0 Å². The Hall–Kier alpha value is -2.61. The van der Waals surface area contributed by atoms with Crippen LogP contribution in [0.2, 0.25) is 0 Å². The number of rotatable bonds is 5. The van der Waals surface area contributed by atoms with Crippen LogP contribution in [0.3, 0.4) is 0 Å². The van der Waals surface area contributed by atoms with E-state index >= 15 is 0 Å². The summed E-state index contributed by atoms with van der Waals surface area (Å²) in [6, 6.07) is 6.34. The molecule has 0 aliphatic rings. The molecule has 7 nitrogen and oxygen atoms in total. The highest BCUT2D eigenvalue weighted by molar-refractivity contribution is 9.10. The number of nitrogens with zero attached hydrogens (tertiary/aromatic N) is 1. The third-order valence-corrected chi connectivity index (χ3v) is 3.42. The smallest absolute Gasteiger partial charge is 0.271 e. The Kier molecular flexibility index (Phi) is 6.14. The van der Waals surface area contributed by atoms with Gasteiger partial charge in [-0.05, 0) is 47.1 Å². The zero-order valence-electron chi connectivity index (χ0n) is 13.1. The molecule has 126 valence electrons. The minimum absolute atomic E-state index is 0.314. The molecule has 1 aromatic carbocycles. The Bertz CT molecular complexity index is 752. The lowest BCUT2D eigenvalue weighted by Gasteiger charge is -2.11. The molecular weight excluding hydrogens is 378 g/mol. The molecule has 1 heterocycles. The summed E-state index contributed by atoms with van der Waals surface area (Å²) in [5.74, 6) is 0.0236. The first-order valence-electron chi connectivity index (χ1n) is 7.07. The van der Waals surface area contributed by atoms with Crippen LogP contribution in [0.5, 0.6) is 11.5 Å². The van der Waals surface area contributed by atoms with E-state index in [9.17, 15) is 9.59 Å². The van der Waals surface area contributed by atoms with Gasteiger partial charge in [0.25, 0.3) is 11.8 Å². The quantitative estimate of drug-likeness (QED) is 0.760. The molecule has 24 heavy (non-hydrogen) atoms. The van der Waals surface area contributed by atoms with Crippen molar-refractivity contribution >= 4 is 27.7 Å². The fourth-order valence-corrected chi connectivity index (χ4v) is 2.24. The van der Waals surface area contributed by atoms with Gasteiger partial charge in [-0.2, -0.15) is 0 Å². The first-order chi connectivity index (χ1) is 11.5. The summed E-state index contributed by atoms with van der Waals surface area (Å²) < 4.78 is 11.2. The van der Waals surface area contributed by atoms with Gasteiger partial charge in [0.15, 0.2) is 11.5 Å². The van der Waals surface area contributed by atoms with Gasteiger partial charge in [0.05, 0.1) is 19.3 Å². The number of hydrogen-bond acceptors (Lipinski definition) is 5. The summed E-state index contributed by atoms with van der Waals surface area (Å²) in [5.41, 5.74) is 5.31. The van der Waals surface area contributed by atoms with Crippen LogP contribution in [0.4, 0.5) is 0 Å². The van der Waals surface area contributed by atoms with Crippen molar-refractivity contribution in [3.63, 3.8) is 0 Å². The third kappa shape index (κ3) is 4.45. The van der Waals surface area contributed by atoms with Crippen LogP contribution in [-0.4, -0.2) is 30.5 Å². The number of hydrogen-bond donors (Lipinski definition) is 2. The molecule has 0 aliphatic carbocycles. The molecule has 0 atom stereocenters. The monoisotopic (exact) mass is 393 g/mol. The number of carbonyl (C=O) groups is 2. The summed E-state index contributed by atoms with van der Waals surface area (Å²) in [6.07, 6.45) is 2.95. The van der Waals surface area contributed by atoms with Gasteiger partial charge >= 0.3 is 0 Å². The number of methoxy groups -OCH3 is 1. The number of ether oxygens (including phenoxy) is 2. The first kappa shape index (κ1) is 17.7. The maximum atomic E-state index is 12.1. The van der Waals surface area contributed by atoms with Crippen LogP contribution in [0, 0.1) is 0 Å². The summed E-state index contributed by atoms with van der Waals surface area (Å²) >= 11 is 3.23. The van der Waals surface area contributed by atoms with Crippen molar-refractivity contribution in [2.45, 2.75) is 6.92 Å². The van der Waals surface area contributed by atoms with E-state index in [1.54, 1.807) is 24.4 Å². The molecule has 0 fully saturated rings. The minimum Gasteiger partial charge on any atom is -0.493 e. The van der Waals surface area contributed by atoms with Crippen molar-refractivity contribution < 1.29 is 19.1 Å². The lowest BCUT2D eigenvalue weighted by atomic mass is 10.2. The second-order valence-corrected chi connectivity index (χ2v) is 5.51. The highest BCUT2D eigenvalue weighted by Crippen LogP contribution is 2.27. The lowest BCUT2D eigenvalue weighted by Crippen LogP contribution is -2.41. The maximum Gasteiger partial charge on any atom is 0.271 e. The Morgan fingerprint density at radius 3 is 2.42 bits per heavy atom. The molecule has 0 bridgehead atoms. The molecule has 2 aromatic rings. The summed E-state index contributed by atoms with van der Waals surface area (Å²) in [4.78, 5) is 28.0. The first-order valence-corrected chi connectivity index (χ1v) is 7.86. The number of nitrogens with one attached hydrogen (secondary N) is 2. The molecule has 2 rings (SSSR count). The number of benzene rings is 1. The van der Waals surface area contributed by atoms with E-state index in [0.29, 0.717) is 33.7 Å². The van der Waals surface area contributed by atoms with Gasteiger partial charge < -0.3 is 9.47 Å². The number of carbonyl (C=O) groups excluding carboxylic acids is 2. The van der Waals surface area contributed by atoms with Crippen LogP contribution < -0.4 is 20.3 Å². The molecule has 0 radical (unpaired) electrons. The van der Waals surface area contributed by atoms with Crippen molar-refractivity contribution in [3.8, 4) is 11.5 Å². The largest absolute Gasteiger partial charge is 0.493 e. The number of amides is 2. The fourth-order valence-electron chi connectivity index (χ4n) is 1.88. The van der Waals surface area contributed by atoms with Crippen molar-refractivity contribution in [1.29, 1.82) is 0 Å². The Labute approximate surface area is 147 Å². The van der Waals surface area contributed by atoms with E-state index in [2.05, 4.69) is 31.8 Å². The highest BCUT2D eigenvalue weighted by Gasteiger charge is 2.13. The second-order valence-electron chi connectivity index (χ2n) is 4.60. The second kappa shape index (κ2) is 8.30. The predicted octanol–water partition coefficient (Wildman–Crippen LogP) is 2.33. The van der Waals surface area contributed by atoms with Crippen LogP contribution in [0.15, 0.2) is 41.1 Å². The minimum atomic E-state index is -0.479.